The molecule has 0 spiro atoms. The first-order valence-electron chi connectivity index (χ1n) is 8.45. The number of aromatic amines is 1. The zero-order valence-corrected chi connectivity index (χ0v) is 15.2. The van der Waals surface area contributed by atoms with E-state index in [1.54, 1.807) is 22.9 Å². The molecule has 2 aromatic carbocycles. The molecular weight excluding hydrogens is 366 g/mol. The van der Waals surface area contributed by atoms with Crippen LogP contribution in [0.25, 0.3) is 22.0 Å². The SMILES string of the molecule is O=C(C[n+]1cccc2oc(=O)[nH]c21)NCCc1cccc2ccccc12.[Cl-]. The Morgan fingerprint density at radius 3 is 2.78 bits per heavy atom. The number of amides is 1. The molecule has 0 saturated heterocycles. The van der Waals surface area contributed by atoms with E-state index in [0.29, 0.717) is 17.8 Å². The summed E-state index contributed by atoms with van der Waals surface area (Å²) in [6, 6.07) is 17.8. The van der Waals surface area contributed by atoms with Crippen LogP contribution in [0.2, 0.25) is 0 Å². The zero-order chi connectivity index (χ0) is 17.9. The molecule has 27 heavy (non-hydrogen) atoms. The second-order valence-electron chi connectivity index (χ2n) is 6.10. The molecule has 2 aromatic heterocycles. The van der Waals surface area contributed by atoms with Crippen LogP contribution in [-0.4, -0.2) is 17.4 Å². The van der Waals surface area contributed by atoms with Crippen LogP contribution in [0.4, 0.5) is 0 Å². The molecule has 2 N–H and O–H groups in total. The highest BCUT2D eigenvalue weighted by Crippen LogP contribution is 2.18. The average Bonchev–Trinajstić information content (AvgIpc) is 3.03. The number of benzene rings is 2. The van der Waals surface area contributed by atoms with E-state index in [4.69, 9.17) is 4.42 Å². The Balaban J connectivity index is 0.00000210. The van der Waals surface area contributed by atoms with Crippen molar-refractivity contribution in [1.82, 2.24) is 10.3 Å². The largest absolute Gasteiger partial charge is 1.00 e. The topological polar surface area (TPSA) is 79.0 Å². The van der Waals surface area contributed by atoms with Crippen molar-refractivity contribution in [1.29, 1.82) is 0 Å². The zero-order valence-electron chi connectivity index (χ0n) is 14.4. The second kappa shape index (κ2) is 8.05. The number of halogens is 1. The van der Waals surface area contributed by atoms with Gasteiger partial charge in [-0.1, -0.05) is 42.5 Å². The van der Waals surface area contributed by atoms with Crippen LogP contribution >= 0.6 is 0 Å². The van der Waals surface area contributed by atoms with Crippen LogP contribution in [0, 0.1) is 0 Å². The summed E-state index contributed by atoms with van der Waals surface area (Å²) in [5.41, 5.74) is 2.14. The van der Waals surface area contributed by atoms with Crippen molar-refractivity contribution < 1.29 is 26.2 Å². The Morgan fingerprint density at radius 2 is 1.89 bits per heavy atom. The lowest BCUT2D eigenvalue weighted by atomic mass is 10.0. The van der Waals surface area contributed by atoms with Gasteiger partial charge in [0.25, 0.3) is 5.91 Å². The number of aromatic nitrogens is 2. The number of nitrogens with one attached hydrogen (secondary N) is 2. The van der Waals surface area contributed by atoms with E-state index in [1.165, 1.54) is 16.3 Å². The first kappa shape index (κ1) is 18.7. The number of pyridine rings is 1. The minimum Gasteiger partial charge on any atom is -1.00 e. The molecule has 1 amide bonds. The van der Waals surface area contributed by atoms with Gasteiger partial charge in [0.15, 0.2) is 6.54 Å². The first-order chi connectivity index (χ1) is 12.7. The molecule has 138 valence electrons. The Morgan fingerprint density at radius 1 is 1.07 bits per heavy atom. The van der Waals surface area contributed by atoms with Crippen molar-refractivity contribution in [3.8, 4) is 0 Å². The van der Waals surface area contributed by atoms with Gasteiger partial charge in [-0.3, -0.25) is 4.79 Å². The van der Waals surface area contributed by atoms with E-state index < -0.39 is 5.76 Å². The van der Waals surface area contributed by atoms with Gasteiger partial charge >= 0.3 is 11.4 Å². The number of fused-ring (bicyclic) bond motifs is 2. The molecule has 0 bridgehead atoms. The molecule has 0 atom stereocenters. The summed E-state index contributed by atoms with van der Waals surface area (Å²) in [7, 11) is 0. The fourth-order valence-electron chi connectivity index (χ4n) is 3.16. The van der Waals surface area contributed by atoms with E-state index in [1.807, 2.05) is 18.2 Å². The summed E-state index contributed by atoms with van der Waals surface area (Å²) in [5, 5.41) is 5.34. The molecule has 4 aromatic rings. The third-order valence-corrected chi connectivity index (χ3v) is 4.37. The van der Waals surface area contributed by atoms with Gasteiger partial charge in [-0.05, 0) is 34.9 Å². The number of H-pyrrole nitrogens is 1. The molecule has 0 aliphatic carbocycles. The van der Waals surface area contributed by atoms with Gasteiger partial charge in [-0.25, -0.2) is 4.57 Å². The highest BCUT2D eigenvalue weighted by molar-refractivity contribution is 5.85. The predicted molar refractivity (Wildman–Crippen MR) is 97.7 cm³/mol. The van der Waals surface area contributed by atoms with Crippen LogP contribution in [0.1, 0.15) is 5.56 Å². The van der Waals surface area contributed by atoms with Crippen molar-refractivity contribution in [2.24, 2.45) is 0 Å². The molecule has 0 unspecified atom stereocenters. The van der Waals surface area contributed by atoms with Crippen LogP contribution < -0.4 is 28.0 Å². The molecule has 0 saturated carbocycles. The highest BCUT2D eigenvalue weighted by Gasteiger charge is 2.15. The summed E-state index contributed by atoms with van der Waals surface area (Å²) in [4.78, 5) is 26.2. The molecule has 0 aliphatic rings. The lowest BCUT2D eigenvalue weighted by molar-refractivity contribution is -0.660. The summed E-state index contributed by atoms with van der Waals surface area (Å²) in [6.45, 7) is 0.660. The smallest absolute Gasteiger partial charge is 0.510 e. The molecule has 7 heteroatoms. The Labute approximate surface area is 161 Å². The maximum Gasteiger partial charge on any atom is 0.510 e. The van der Waals surface area contributed by atoms with Gasteiger partial charge in [-0.2, -0.15) is 9.78 Å². The van der Waals surface area contributed by atoms with Gasteiger partial charge in [0.1, 0.15) is 0 Å². The average molecular weight is 384 g/mol. The molecule has 0 fully saturated rings. The van der Waals surface area contributed by atoms with Crippen LogP contribution in [-0.2, 0) is 17.8 Å². The third kappa shape index (κ3) is 4.01. The fraction of sp³-hybridized carbons (Fsp3) is 0.150. The number of oxazole rings is 1. The van der Waals surface area contributed by atoms with E-state index in [9.17, 15) is 9.59 Å². The molecule has 4 rings (SSSR count). The quantitative estimate of drug-likeness (QED) is 0.430. The summed E-state index contributed by atoms with van der Waals surface area (Å²) in [6.07, 6.45) is 2.49. The third-order valence-electron chi connectivity index (χ3n) is 4.37. The summed E-state index contributed by atoms with van der Waals surface area (Å²) >= 11 is 0. The van der Waals surface area contributed by atoms with Crippen molar-refractivity contribution in [2.45, 2.75) is 13.0 Å². The van der Waals surface area contributed by atoms with Crippen molar-refractivity contribution in [2.75, 3.05) is 6.54 Å². The normalized spacial score (nSPS) is 10.7. The first-order valence-corrected chi connectivity index (χ1v) is 8.45. The molecule has 2 heterocycles. The Hall–Kier alpha value is -3.12. The molecule has 0 aliphatic heterocycles. The number of nitrogens with zero attached hydrogens (tertiary/aromatic N) is 1. The molecular formula is C20H18ClN3O3. The maximum absolute atomic E-state index is 12.3. The molecule has 6 nitrogen and oxygen atoms in total. The van der Waals surface area contributed by atoms with E-state index in [-0.39, 0.29) is 24.9 Å². The van der Waals surface area contributed by atoms with Gasteiger partial charge < -0.3 is 22.1 Å². The number of carbonyl (C=O) groups excluding carboxylic acids is 1. The van der Waals surface area contributed by atoms with Crippen LogP contribution in [0.15, 0.2) is 70.0 Å². The van der Waals surface area contributed by atoms with E-state index >= 15 is 0 Å². The number of rotatable bonds is 5. The monoisotopic (exact) mass is 383 g/mol. The van der Waals surface area contributed by atoms with Crippen molar-refractivity contribution >= 4 is 27.9 Å². The van der Waals surface area contributed by atoms with E-state index in [2.05, 4.69) is 34.6 Å². The van der Waals surface area contributed by atoms with Gasteiger partial charge in [0, 0.05) is 6.54 Å². The highest BCUT2D eigenvalue weighted by atomic mass is 35.5. The molecule has 0 radical (unpaired) electrons. The number of hydrogen-bond acceptors (Lipinski definition) is 3. The maximum atomic E-state index is 12.3. The van der Waals surface area contributed by atoms with Crippen LogP contribution in [0.3, 0.4) is 0 Å². The Bertz CT molecular complexity index is 1140. The second-order valence-corrected chi connectivity index (χ2v) is 6.10. The van der Waals surface area contributed by atoms with Crippen molar-refractivity contribution in [3.05, 3.63) is 76.9 Å². The van der Waals surface area contributed by atoms with Crippen LogP contribution in [0.5, 0.6) is 0 Å². The summed E-state index contributed by atoms with van der Waals surface area (Å²) < 4.78 is 6.67. The minimum absolute atomic E-state index is 0. The van der Waals surface area contributed by atoms with E-state index in [0.717, 1.165) is 6.42 Å². The standard InChI is InChI=1S/C20H17N3O3.ClH/c24-18(13-23-12-4-9-17-19(23)22-20(25)26-17)21-11-10-15-7-3-6-14-5-1-2-8-16(14)15;/h1-9,12H,10-11,13H2,(H,21,24);1H. The number of carbonyl (C=O) groups is 1. The Kier molecular flexibility index (Phi) is 5.57. The van der Waals surface area contributed by atoms with Gasteiger partial charge in [-0.15, -0.1) is 0 Å². The fourth-order valence-corrected chi connectivity index (χ4v) is 3.16. The number of hydrogen-bond donors (Lipinski definition) is 2. The summed E-state index contributed by atoms with van der Waals surface area (Å²) in [5.74, 6) is -0.652. The minimum atomic E-state index is -0.531. The van der Waals surface area contributed by atoms with Gasteiger partial charge in [0.05, 0.1) is 6.20 Å². The van der Waals surface area contributed by atoms with Gasteiger partial charge in [0.2, 0.25) is 5.58 Å². The lowest BCUT2D eigenvalue weighted by Gasteiger charge is -2.08. The van der Waals surface area contributed by atoms with Crippen molar-refractivity contribution in [3.63, 3.8) is 0 Å². The lowest BCUT2D eigenvalue weighted by Crippen LogP contribution is -3.00. The predicted octanol–water partition coefficient (Wildman–Crippen LogP) is -1.08.